The predicted molar refractivity (Wildman–Crippen MR) is 174 cm³/mol. The van der Waals surface area contributed by atoms with E-state index in [-0.39, 0.29) is 5.82 Å². The van der Waals surface area contributed by atoms with E-state index < -0.39 is 5.97 Å². The van der Waals surface area contributed by atoms with Crippen LogP contribution in [0, 0.1) is 5.82 Å². The highest BCUT2D eigenvalue weighted by Gasteiger charge is 2.25. The first kappa shape index (κ1) is 36.1. The standard InChI is InChI=1S/C24H28FN.C7H11NO.C5H10O2/c1-5-16-26-23(17(3)4)21(6-2)22(18-10-8-7-9-11-18)24(26)19-12-14-20(25)15-13-19;1-3-4-5-7(2)8-6-9;1-2-3-4-5(6)7/h7-15,17H,5-6,16H2,1-4H3;3-6H,1-2H3,(H,8,9);2-4H2,1H3,(H,6,7)/b;4-3-,7-5+;. The van der Waals surface area contributed by atoms with E-state index in [1.54, 1.807) is 12.1 Å². The molecule has 1 heterocycles. The number of halogens is 1. The van der Waals surface area contributed by atoms with Gasteiger partial charge < -0.3 is 15.0 Å². The molecule has 0 atom stereocenters. The Hall–Kier alpha value is -3.93. The molecule has 0 bridgehead atoms. The number of unbranched alkanes of at least 4 members (excludes halogenated alkanes) is 1. The molecule has 1 aromatic heterocycles. The Kier molecular flexibility index (Phi) is 17.2. The SMILES string of the molecule is C/C=C\C=C(/C)NC=O.CCCCC(=O)O.CCCn1c(-c2ccc(F)cc2)c(-c2ccccc2)c(CC)c1C(C)C. The Bertz CT molecular complexity index is 1270. The van der Waals surface area contributed by atoms with Crippen molar-refractivity contribution in [2.24, 2.45) is 0 Å². The van der Waals surface area contributed by atoms with Gasteiger partial charge in [-0.05, 0) is 86.1 Å². The molecule has 2 N–H and O–H groups in total. The number of nitrogens with zero attached hydrogens (tertiary/aromatic N) is 1. The highest BCUT2D eigenvalue weighted by Crippen LogP contribution is 2.42. The largest absolute Gasteiger partial charge is 0.481 e. The second kappa shape index (κ2) is 20.0. The zero-order valence-electron chi connectivity index (χ0n) is 26.4. The Morgan fingerprint density at radius 3 is 2.10 bits per heavy atom. The van der Waals surface area contributed by atoms with Crippen molar-refractivity contribution in [1.29, 1.82) is 0 Å². The number of benzene rings is 2. The van der Waals surface area contributed by atoms with Crippen molar-refractivity contribution < 1.29 is 19.1 Å². The Labute approximate surface area is 252 Å². The van der Waals surface area contributed by atoms with Gasteiger partial charge in [-0.3, -0.25) is 9.59 Å². The zero-order valence-corrected chi connectivity index (χ0v) is 26.4. The molecule has 0 unspecified atom stereocenters. The summed E-state index contributed by atoms with van der Waals surface area (Å²) in [6.45, 7) is 15.7. The van der Waals surface area contributed by atoms with Gasteiger partial charge in [-0.1, -0.05) is 83.5 Å². The summed E-state index contributed by atoms with van der Waals surface area (Å²) in [4.78, 5) is 19.6. The lowest BCUT2D eigenvalue weighted by Gasteiger charge is -2.16. The minimum Gasteiger partial charge on any atom is -0.481 e. The number of carbonyl (C=O) groups is 2. The third-order valence-electron chi connectivity index (χ3n) is 6.51. The van der Waals surface area contributed by atoms with Gasteiger partial charge in [-0.15, -0.1) is 0 Å². The van der Waals surface area contributed by atoms with E-state index in [0.717, 1.165) is 43.5 Å². The maximum absolute atomic E-state index is 13.5. The van der Waals surface area contributed by atoms with Crippen molar-refractivity contribution >= 4 is 12.4 Å². The summed E-state index contributed by atoms with van der Waals surface area (Å²) in [5.74, 6) is -0.446. The predicted octanol–water partition coefficient (Wildman–Crippen LogP) is 9.53. The lowest BCUT2D eigenvalue weighted by atomic mass is 9.94. The van der Waals surface area contributed by atoms with Crippen LogP contribution in [0.3, 0.4) is 0 Å². The quantitative estimate of drug-likeness (QED) is 0.167. The van der Waals surface area contributed by atoms with Crippen LogP contribution in [0.15, 0.2) is 78.5 Å². The maximum Gasteiger partial charge on any atom is 0.303 e. The highest BCUT2D eigenvalue weighted by molar-refractivity contribution is 5.86. The summed E-state index contributed by atoms with van der Waals surface area (Å²) in [7, 11) is 0. The van der Waals surface area contributed by atoms with Gasteiger partial charge >= 0.3 is 5.97 Å². The van der Waals surface area contributed by atoms with Crippen LogP contribution >= 0.6 is 0 Å². The summed E-state index contributed by atoms with van der Waals surface area (Å²) < 4.78 is 16.0. The molecule has 0 saturated heterocycles. The van der Waals surface area contributed by atoms with Crippen LogP contribution in [0.25, 0.3) is 22.4 Å². The number of rotatable bonds is 12. The molecule has 0 spiro atoms. The summed E-state index contributed by atoms with van der Waals surface area (Å²) in [5.41, 5.74) is 8.52. The van der Waals surface area contributed by atoms with Crippen LogP contribution in [0.4, 0.5) is 4.39 Å². The van der Waals surface area contributed by atoms with Gasteiger partial charge in [0.05, 0.1) is 5.69 Å². The number of hydrogen-bond acceptors (Lipinski definition) is 2. The summed E-state index contributed by atoms with van der Waals surface area (Å²) in [6, 6.07) is 17.6. The van der Waals surface area contributed by atoms with Crippen molar-refractivity contribution in [1.82, 2.24) is 9.88 Å². The number of nitrogens with one attached hydrogen (secondary N) is 1. The molecule has 2 aromatic carbocycles. The molecule has 0 saturated carbocycles. The van der Waals surface area contributed by atoms with Gasteiger partial charge in [0.2, 0.25) is 6.41 Å². The second-order valence-electron chi connectivity index (χ2n) is 10.3. The first-order valence-electron chi connectivity index (χ1n) is 14.9. The van der Waals surface area contributed by atoms with E-state index in [2.05, 4.69) is 67.9 Å². The van der Waals surface area contributed by atoms with Crippen molar-refractivity contribution in [3.63, 3.8) is 0 Å². The van der Waals surface area contributed by atoms with Gasteiger partial charge in [0.1, 0.15) is 5.82 Å². The molecule has 0 fully saturated rings. The molecule has 0 aliphatic carbocycles. The average Bonchev–Trinajstić information content (AvgIpc) is 3.31. The number of allylic oxidation sites excluding steroid dienone is 4. The van der Waals surface area contributed by atoms with E-state index in [9.17, 15) is 14.0 Å². The van der Waals surface area contributed by atoms with Crippen molar-refractivity contribution in [3.8, 4) is 22.4 Å². The molecule has 6 heteroatoms. The summed E-state index contributed by atoms with van der Waals surface area (Å²) in [6.07, 6.45) is 10.4. The maximum atomic E-state index is 13.5. The first-order chi connectivity index (χ1) is 20.2. The third-order valence-corrected chi connectivity index (χ3v) is 6.51. The monoisotopic (exact) mass is 576 g/mol. The number of amides is 1. The number of carbonyl (C=O) groups excluding carboxylic acids is 1. The molecule has 3 rings (SSSR count). The van der Waals surface area contributed by atoms with Crippen LogP contribution in [0.1, 0.15) is 91.3 Å². The molecule has 0 radical (unpaired) electrons. The number of hydrogen-bond donors (Lipinski definition) is 2. The van der Waals surface area contributed by atoms with Gasteiger partial charge in [0.15, 0.2) is 0 Å². The van der Waals surface area contributed by atoms with Gasteiger partial charge in [0.25, 0.3) is 0 Å². The van der Waals surface area contributed by atoms with E-state index >= 15 is 0 Å². The zero-order chi connectivity index (χ0) is 31.5. The first-order valence-corrected chi connectivity index (χ1v) is 14.9. The van der Waals surface area contributed by atoms with Gasteiger partial charge in [0, 0.05) is 29.9 Å². The number of aromatic nitrogens is 1. The van der Waals surface area contributed by atoms with E-state index in [4.69, 9.17) is 5.11 Å². The van der Waals surface area contributed by atoms with Crippen LogP contribution in [-0.4, -0.2) is 22.1 Å². The van der Waals surface area contributed by atoms with Crippen molar-refractivity contribution in [2.45, 2.75) is 93.0 Å². The minimum absolute atomic E-state index is 0.191. The lowest BCUT2D eigenvalue weighted by Crippen LogP contribution is -2.07. The molecular weight excluding hydrogens is 527 g/mol. The van der Waals surface area contributed by atoms with Gasteiger partial charge in [-0.25, -0.2) is 4.39 Å². The van der Waals surface area contributed by atoms with Gasteiger partial charge in [-0.2, -0.15) is 0 Å². The fourth-order valence-corrected chi connectivity index (χ4v) is 4.70. The third kappa shape index (κ3) is 11.5. The topological polar surface area (TPSA) is 71.3 Å². The number of carboxylic acids is 1. The highest BCUT2D eigenvalue weighted by atomic mass is 19.1. The van der Waals surface area contributed by atoms with E-state index in [1.165, 1.54) is 28.1 Å². The molecule has 228 valence electrons. The van der Waals surface area contributed by atoms with Crippen LogP contribution < -0.4 is 5.32 Å². The van der Waals surface area contributed by atoms with Crippen molar-refractivity contribution in [2.75, 3.05) is 0 Å². The fourth-order valence-electron chi connectivity index (χ4n) is 4.70. The molecule has 0 aliphatic heterocycles. The molecule has 0 aliphatic rings. The molecule has 3 aromatic rings. The molecule has 42 heavy (non-hydrogen) atoms. The smallest absolute Gasteiger partial charge is 0.303 e. The number of aliphatic carboxylic acids is 1. The van der Waals surface area contributed by atoms with Crippen molar-refractivity contribution in [3.05, 3.63) is 95.6 Å². The summed E-state index contributed by atoms with van der Waals surface area (Å²) in [5, 5.41) is 10.6. The Balaban J connectivity index is 0.000000454. The average molecular weight is 577 g/mol. The Morgan fingerprint density at radius 2 is 1.64 bits per heavy atom. The Morgan fingerprint density at radius 1 is 1.00 bits per heavy atom. The van der Waals surface area contributed by atoms with Crippen LogP contribution in [0.5, 0.6) is 0 Å². The number of carboxylic acid groups (broad SMARTS) is 1. The molecular formula is C36H49FN2O3. The fraction of sp³-hybridized carbons (Fsp3) is 0.389. The van der Waals surface area contributed by atoms with E-state index in [1.807, 2.05) is 51.1 Å². The summed E-state index contributed by atoms with van der Waals surface area (Å²) >= 11 is 0. The minimum atomic E-state index is -0.693. The second-order valence-corrected chi connectivity index (χ2v) is 10.3. The van der Waals surface area contributed by atoms with Crippen LogP contribution in [-0.2, 0) is 22.6 Å². The van der Waals surface area contributed by atoms with E-state index in [0.29, 0.717) is 18.7 Å². The normalized spacial score (nSPS) is 11.0. The molecule has 1 amide bonds. The molecule has 5 nitrogen and oxygen atoms in total. The van der Waals surface area contributed by atoms with Crippen LogP contribution in [0.2, 0.25) is 0 Å². The lowest BCUT2D eigenvalue weighted by molar-refractivity contribution is -0.137.